The van der Waals surface area contributed by atoms with Crippen molar-refractivity contribution in [2.75, 3.05) is 10.3 Å². The number of hydrogen-bond donors (Lipinski definition) is 2. The van der Waals surface area contributed by atoms with Gasteiger partial charge in [-0.25, -0.2) is 9.99 Å². The predicted octanol–water partition coefficient (Wildman–Crippen LogP) is 4.81. The summed E-state index contributed by atoms with van der Waals surface area (Å²) in [5.41, 5.74) is 5.17. The SMILES string of the molecule is CCCC(CC(=O)O)N(N=O)c1nc(C#N)ccc1NCc1cn(C)c2cc(C)cc(C)c12. The number of rotatable bonds is 10. The minimum Gasteiger partial charge on any atom is -0.481 e. The molecule has 0 amide bonds. The van der Waals surface area contributed by atoms with Crippen molar-refractivity contribution >= 4 is 28.4 Å². The molecule has 0 spiro atoms. The van der Waals surface area contributed by atoms with Crippen molar-refractivity contribution in [3.63, 3.8) is 0 Å². The molecule has 1 aromatic carbocycles. The Bertz CT molecular complexity index is 1230. The van der Waals surface area contributed by atoms with Gasteiger partial charge in [0.25, 0.3) is 0 Å². The Morgan fingerprint density at radius 1 is 1.36 bits per heavy atom. The van der Waals surface area contributed by atoms with Gasteiger partial charge in [-0.3, -0.25) is 4.79 Å². The maximum atomic E-state index is 11.8. The Morgan fingerprint density at radius 3 is 2.76 bits per heavy atom. The van der Waals surface area contributed by atoms with Crippen LogP contribution in [0.3, 0.4) is 0 Å². The summed E-state index contributed by atoms with van der Waals surface area (Å²) in [6.07, 6.45) is 2.90. The number of aliphatic carboxylic acids is 1. The average Bonchev–Trinajstić information content (AvgIpc) is 3.08. The highest BCUT2D eigenvalue weighted by molar-refractivity contribution is 5.88. The maximum absolute atomic E-state index is 11.8. The summed E-state index contributed by atoms with van der Waals surface area (Å²) in [5.74, 6) is -0.883. The minimum absolute atomic E-state index is 0.117. The number of nitrogens with zero attached hydrogens (tertiary/aromatic N) is 5. The fraction of sp³-hybridized carbons (Fsp3) is 0.375. The Labute approximate surface area is 192 Å². The first-order valence-electron chi connectivity index (χ1n) is 10.8. The van der Waals surface area contributed by atoms with Crippen molar-refractivity contribution in [2.45, 2.75) is 52.6 Å². The molecule has 1 atom stereocenters. The first-order valence-corrected chi connectivity index (χ1v) is 10.8. The fourth-order valence-corrected chi connectivity index (χ4v) is 4.28. The Hall–Kier alpha value is -3.93. The number of carbonyl (C=O) groups is 1. The number of hydrogen-bond acceptors (Lipinski definition) is 6. The summed E-state index contributed by atoms with van der Waals surface area (Å²) in [6, 6.07) is 8.80. The number of aryl methyl sites for hydroxylation is 3. The predicted molar refractivity (Wildman–Crippen MR) is 128 cm³/mol. The van der Waals surface area contributed by atoms with Crippen LogP contribution in [0, 0.1) is 30.1 Å². The highest BCUT2D eigenvalue weighted by Gasteiger charge is 2.26. The molecule has 33 heavy (non-hydrogen) atoms. The van der Waals surface area contributed by atoms with E-state index in [2.05, 4.69) is 52.3 Å². The van der Waals surface area contributed by atoms with Gasteiger partial charge in [0.1, 0.15) is 11.8 Å². The van der Waals surface area contributed by atoms with Crippen LogP contribution >= 0.6 is 0 Å². The van der Waals surface area contributed by atoms with Gasteiger partial charge in [0.15, 0.2) is 5.82 Å². The second kappa shape index (κ2) is 10.1. The third-order valence-corrected chi connectivity index (χ3v) is 5.65. The van der Waals surface area contributed by atoms with Gasteiger partial charge in [0.05, 0.1) is 23.4 Å². The lowest BCUT2D eigenvalue weighted by Gasteiger charge is -2.26. The highest BCUT2D eigenvalue weighted by atomic mass is 16.4. The molecule has 0 fully saturated rings. The molecule has 0 aliphatic carbocycles. The van der Waals surface area contributed by atoms with Gasteiger partial charge in [0.2, 0.25) is 0 Å². The van der Waals surface area contributed by atoms with E-state index in [-0.39, 0.29) is 17.9 Å². The molecule has 2 N–H and O–H groups in total. The number of aromatic nitrogens is 2. The van der Waals surface area contributed by atoms with E-state index >= 15 is 0 Å². The molecular weight excluding hydrogens is 420 g/mol. The van der Waals surface area contributed by atoms with Crippen LogP contribution in [0.25, 0.3) is 10.9 Å². The zero-order chi connectivity index (χ0) is 24.1. The Kier molecular flexibility index (Phi) is 7.28. The second-order valence-corrected chi connectivity index (χ2v) is 8.24. The summed E-state index contributed by atoms with van der Waals surface area (Å²) in [6.45, 7) is 6.50. The monoisotopic (exact) mass is 448 g/mol. The molecule has 2 heterocycles. The molecule has 1 unspecified atom stereocenters. The van der Waals surface area contributed by atoms with Gasteiger partial charge in [-0.15, -0.1) is 4.91 Å². The molecule has 0 saturated carbocycles. The van der Waals surface area contributed by atoms with E-state index in [1.807, 2.05) is 20.0 Å². The largest absolute Gasteiger partial charge is 0.481 e. The van der Waals surface area contributed by atoms with Crippen molar-refractivity contribution in [3.05, 3.63) is 57.8 Å². The molecule has 0 aliphatic heterocycles. The fourth-order valence-electron chi connectivity index (χ4n) is 4.28. The maximum Gasteiger partial charge on any atom is 0.305 e. The zero-order valence-corrected chi connectivity index (χ0v) is 19.3. The number of carboxylic acids is 1. The molecule has 172 valence electrons. The smallest absolute Gasteiger partial charge is 0.305 e. The lowest BCUT2D eigenvalue weighted by Crippen LogP contribution is -2.33. The van der Waals surface area contributed by atoms with E-state index in [0.29, 0.717) is 25.1 Å². The number of nitrogens with one attached hydrogen (secondary N) is 1. The van der Waals surface area contributed by atoms with Crippen LogP contribution < -0.4 is 10.3 Å². The molecule has 2 aromatic heterocycles. The second-order valence-electron chi connectivity index (χ2n) is 8.24. The molecule has 3 aromatic rings. The number of benzene rings is 1. The van der Waals surface area contributed by atoms with Crippen LogP contribution in [0.4, 0.5) is 11.5 Å². The topological polar surface area (TPSA) is 124 Å². The summed E-state index contributed by atoms with van der Waals surface area (Å²) >= 11 is 0. The summed E-state index contributed by atoms with van der Waals surface area (Å²) in [4.78, 5) is 27.5. The molecule has 3 rings (SSSR count). The number of nitroso groups, excluding NO2 is 1. The minimum atomic E-state index is -1.03. The van der Waals surface area contributed by atoms with E-state index in [0.717, 1.165) is 21.5 Å². The number of nitriles is 1. The first-order chi connectivity index (χ1) is 15.8. The van der Waals surface area contributed by atoms with Crippen LogP contribution in [0.5, 0.6) is 0 Å². The highest BCUT2D eigenvalue weighted by Crippen LogP contribution is 2.31. The van der Waals surface area contributed by atoms with Gasteiger partial charge in [-0.2, -0.15) is 5.26 Å². The summed E-state index contributed by atoms with van der Waals surface area (Å²) < 4.78 is 2.08. The van der Waals surface area contributed by atoms with E-state index in [4.69, 9.17) is 0 Å². The molecule has 9 heteroatoms. The lowest BCUT2D eigenvalue weighted by atomic mass is 10.0. The van der Waals surface area contributed by atoms with Gasteiger partial charge in [-0.05, 0) is 55.2 Å². The quantitative estimate of drug-likeness (QED) is 0.337. The summed E-state index contributed by atoms with van der Waals surface area (Å²) in [7, 11) is 2.00. The third-order valence-electron chi connectivity index (χ3n) is 5.65. The molecule has 0 saturated heterocycles. The Balaban J connectivity index is 1.99. The number of anilines is 2. The van der Waals surface area contributed by atoms with Crippen molar-refractivity contribution in [2.24, 2.45) is 12.3 Å². The van der Waals surface area contributed by atoms with Gasteiger partial charge < -0.3 is 15.0 Å². The van der Waals surface area contributed by atoms with Crippen molar-refractivity contribution < 1.29 is 9.90 Å². The van der Waals surface area contributed by atoms with E-state index in [1.165, 1.54) is 11.1 Å². The van der Waals surface area contributed by atoms with E-state index < -0.39 is 12.0 Å². The van der Waals surface area contributed by atoms with Crippen LogP contribution in [-0.2, 0) is 18.4 Å². The average molecular weight is 449 g/mol. The number of pyridine rings is 1. The normalized spacial score (nSPS) is 11.7. The number of fused-ring (bicyclic) bond motifs is 1. The van der Waals surface area contributed by atoms with Gasteiger partial charge in [0, 0.05) is 30.7 Å². The van der Waals surface area contributed by atoms with E-state index in [1.54, 1.807) is 12.1 Å². The van der Waals surface area contributed by atoms with Gasteiger partial charge in [-0.1, -0.05) is 19.4 Å². The molecule has 0 bridgehead atoms. The van der Waals surface area contributed by atoms with Crippen LogP contribution in [0.1, 0.15) is 48.6 Å². The standard InChI is InChI=1S/C24H28N6O3/c1-5-6-19(11-22(31)32)30(28-33)24-20(8-7-18(12-25)27-24)26-13-17-14-29(4)21-10-15(2)9-16(3)23(17)21/h7-10,14,19,26H,5-6,11,13H2,1-4H3,(H,31,32). The zero-order valence-electron chi connectivity index (χ0n) is 19.3. The van der Waals surface area contributed by atoms with Gasteiger partial charge >= 0.3 is 5.97 Å². The van der Waals surface area contributed by atoms with Crippen LogP contribution in [0.15, 0.2) is 35.7 Å². The number of carboxylic acid groups (broad SMARTS) is 1. The third kappa shape index (κ3) is 5.12. The van der Waals surface area contributed by atoms with Crippen molar-refractivity contribution in [1.29, 1.82) is 5.26 Å². The van der Waals surface area contributed by atoms with Crippen molar-refractivity contribution in [1.82, 2.24) is 9.55 Å². The van der Waals surface area contributed by atoms with Crippen LogP contribution in [0.2, 0.25) is 0 Å². The molecule has 9 nitrogen and oxygen atoms in total. The van der Waals surface area contributed by atoms with Crippen LogP contribution in [-0.4, -0.2) is 26.7 Å². The van der Waals surface area contributed by atoms with E-state index in [9.17, 15) is 20.1 Å². The molecule has 0 radical (unpaired) electrons. The molecular formula is C24H28N6O3. The van der Waals surface area contributed by atoms with Crippen molar-refractivity contribution in [3.8, 4) is 6.07 Å². The summed E-state index contributed by atoms with van der Waals surface area (Å²) in [5, 5.41) is 27.3. The lowest BCUT2D eigenvalue weighted by molar-refractivity contribution is -0.137. The Morgan fingerprint density at radius 2 is 2.12 bits per heavy atom. The molecule has 0 aliphatic rings. The first kappa shape index (κ1) is 23.7.